The van der Waals surface area contributed by atoms with Crippen LogP contribution in [-0.4, -0.2) is 24.1 Å². The number of benzene rings is 12. The van der Waals surface area contributed by atoms with E-state index in [1.807, 2.05) is 36.4 Å². The Morgan fingerprint density at radius 3 is 1.25 bits per heavy atom. The Kier molecular flexibility index (Phi) is 10.8. The van der Waals surface area contributed by atoms with E-state index >= 15 is 0 Å². The molecule has 0 aliphatic heterocycles. The molecule has 5 aromatic heterocycles. The van der Waals surface area contributed by atoms with E-state index in [-0.39, 0.29) is 0 Å². The van der Waals surface area contributed by atoms with Gasteiger partial charge in [0.25, 0.3) is 0 Å². The van der Waals surface area contributed by atoms with Crippen LogP contribution in [0.5, 0.6) is 0 Å². The normalized spacial score (nSPS) is 11.9. The average Bonchev–Trinajstić information content (AvgIpc) is 2.75. The lowest BCUT2D eigenvalue weighted by molar-refractivity contribution is 0.668. The first-order valence-corrected chi connectivity index (χ1v) is 28.9. The molecule has 7 heteroatoms. The largest absolute Gasteiger partial charge is 0.456 e. The van der Waals surface area contributed by atoms with Crippen molar-refractivity contribution in [2.24, 2.45) is 0 Å². The molecule has 0 saturated carbocycles. The highest BCUT2D eigenvalue weighted by molar-refractivity contribution is 6.15. The fourth-order valence-electron chi connectivity index (χ4n) is 13.6. The highest BCUT2D eigenvalue weighted by Crippen LogP contribution is 2.46. The van der Waals surface area contributed by atoms with Crippen molar-refractivity contribution < 1.29 is 8.83 Å². The second-order valence-electron chi connectivity index (χ2n) is 22.5. The number of nitrogens with zero attached hydrogens (tertiary/aromatic N) is 5. The molecule has 0 saturated heterocycles. The van der Waals surface area contributed by atoms with E-state index < -0.39 is 0 Å². The average molecular weight is 1090 g/mol. The summed E-state index contributed by atoms with van der Waals surface area (Å²) in [5.41, 5.74) is 22.7. The van der Waals surface area contributed by atoms with Crippen molar-refractivity contribution in [1.29, 1.82) is 0 Å². The second-order valence-corrected chi connectivity index (χ2v) is 22.5. The minimum Gasteiger partial charge on any atom is -0.456 e. The molecule has 0 aliphatic carbocycles. The zero-order valence-corrected chi connectivity index (χ0v) is 46.8. The van der Waals surface area contributed by atoms with Crippen LogP contribution in [0, 0.1) is 20.8 Å². The number of rotatable bonds is 8. The van der Waals surface area contributed by atoms with Crippen molar-refractivity contribution in [3.05, 3.63) is 271 Å². The molecule has 7 nitrogen and oxygen atoms in total. The predicted molar refractivity (Wildman–Crippen MR) is 350 cm³/mol. The molecule has 0 unspecified atom stereocenters. The smallest absolute Gasteiger partial charge is 0.164 e. The summed E-state index contributed by atoms with van der Waals surface area (Å²) < 4.78 is 17.9. The van der Waals surface area contributed by atoms with Gasteiger partial charge in [0, 0.05) is 76.6 Å². The molecule has 0 bridgehead atoms. The first-order chi connectivity index (χ1) is 41.8. The van der Waals surface area contributed by atoms with Gasteiger partial charge in [0.2, 0.25) is 0 Å². The van der Waals surface area contributed by atoms with Crippen LogP contribution in [0.2, 0.25) is 0 Å². The lowest BCUT2D eigenvalue weighted by Gasteiger charge is -2.21. The van der Waals surface area contributed by atoms with Crippen LogP contribution in [0.4, 0.5) is 0 Å². The van der Waals surface area contributed by atoms with E-state index in [1.54, 1.807) is 0 Å². The third-order valence-electron chi connectivity index (χ3n) is 17.2. The zero-order chi connectivity index (χ0) is 56.4. The van der Waals surface area contributed by atoms with Crippen molar-refractivity contribution in [2.75, 3.05) is 0 Å². The summed E-state index contributed by atoms with van der Waals surface area (Å²) in [6, 6.07) is 91.1. The number of para-hydroxylation sites is 4. The fourth-order valence-corrected chi connectivity index (χ4v) is 13.6. The first kappa shape index (κ1) is 48.5. The number of fused-ring (bicyclic) bond motifs is 12. The number of furan rings is 2. The van der Waals surface area contributed by atoms with Crippen LogP contribution in [0.1, 0.15) is 16.7 Å². The Morgan fingerprint density at radius 2 is 0.706 bits per heavy atom. The van der Waals surface area contributed by atoms with Crippen LogP contribution >= 0.6 is 0 Å². The Bertz CT molecular complexity index is 5320. The van der Waals surface area contributed by atoms with Crippen molar-refractivity contribution >= 4 is 87.5 Å². The minimum absolute atomic E-state index is 0.523. The van der Waals surface area contributed by atoms with Gasteiger partial charge >= 0.3 is 0 Å². The number of hydrogen-bond acceptors (Lipinski definition) is 5. The summed E-state index contributed by atoms with van der Waals surface area (Å²) >= 11 is 0. The van der Waals surface area contributed by atoms with E-state index in [2.05, 4.69) is 248 Å². The van der Waals surface area contributed by atoms with Crippen molar-refractivity contribution in [3.63, 3.8) is 0 Å². The maximum atomic E-state index is 6.48. The van der Waals surface area contributed by atoms with E-state index in [4.69, 9.17) is 23.8 Å². The van der Waals surface area contributed by atoms with Crippen LogP contribution in [-0.2, 0) is 0 Å². The summed E-state index contributed by atoms with van der Waals surface area (Å²) in [6.07, 6.45) is 0. The molecule has 0 fully saturated rings. The van der Waals surface area contributed by atoms with Crippen LogP contribution < -0.4 is 0 Å². The Labute approximate surface area is 489 Å². The zero-order valence-electron chi connectivity index (χ0n) is 46.8. The van der Waals surface area contributed by atoms with Gasteiger partial charge in [-0.25, -0.2) is 15.0 Å². The Hall–Kier alpha value is -11.2. The van der Waals surface area contributed by atoms with Gasteiger partial charge in [-0.15, -0.1) is 0 Å². The molecule has 5 heterocycles. The second kappa shape index (κ2) is 19.0. The lowest BCUT2D eigenvalue weighted by Crippen LogP contribution is -2.04. The van der Waals surface area contributed by atoms with Gasteiger partial charge in [0.15, 0.2) is 17.5 Å². The van der Waals surface area contributed by atoms with Gasteiger partial charge in [-0.2, -0.15) is 0 Å². The molecule has 0 radical (unpaired) electrons. The summed E-state index contributed by atoms with van der Waals surface area (Å²) in [5, 5.41) is 8.95. The van der Waals surface area contributed by atoms with Gasteiger partial charge in [0.1, 0.15) is 22.3 Å². The summed E-state index contributed by atoms with van der Waals surface area (Å²) in [7, 11) is 0. The number of aromatic nitrogens is 5. The fraction of sp³-hybridized carbons (Fsp3) is 0.0385. The molecule has 0 amide bonds. The van der Waals surface area contributed by atoms with Crippen molar-refractivity contribution in [2.45, 2.75) is 20.8 Å². The van der Waals surface area contributed by atoms with E-state index in [0.717, 1.165) is 116 Å². The van der Waals surface area contributed by atoms with Gasteiger partial charge in [-0.1, -0.05) is 169 Å². The first-order valence-electron chi connectivity index (χ1n) is 28.9. The van der Waals surface area contributed by atoms with Gasteiger partial charge in [-0.05, 0) is 145 Å². The van der Waals surface area contributed by atoms with Gasteiger partial charge in [0.05, 0.1) is 27.8 Å². The molecule has 0 aliphatic rings. The molecule has 17 rings (SSSR count). The molecule has 0 N–H and O–H groups in total. The van der Waals surface area contributed by atoms with Crippen LogP contribution in [0.15, 0.2) is 264 Å². The van der Waals surface area contributed by atoms with E-state index in [9.17, 15) is 0 Å². The monoisotopic (exact) mass is 1090 g/mol. The molecule has 12 aromatic carbocycles. The third-order valence-corrected chi connectivity index (χ3v) is 17.2. The topological polar surface area (TPSA) is 74.8 Å². The maximum absolute atomic E-state index is 6.48. The number of hydrogen-bond donors (Lipinski definition) is 0. The number of aryl methyl sites for hydroxylation is 3. The summed E-state index contributed by atoms with van der Waals surface area (Å²) in [4.78, 5) is 16.2. The predicted octanol–water partition coefficient (Wildman–Crippen LogP) is 20.8. The molecule has 17 aromatic rings. The van der Waals surface area contributed by atoms with Crippen LogP contribution in [0.25, 0.3) is 166 Å². The molecule has 85 heavy (non-hydrogen) atoms. The quantitative estimate of drug-likeness (QED) is 0.152. The molecular weight excluding hydrogens is 1040 g/mol. The van der Waals surface area contributed by atoms with Crippen LogP contribution in [0.3, 0.4) is 0 Å². The maximum Gasteiger partial charge on any atom is 0.164 e. The standard InChI is InChI=1S/C78H51N5O2/c1-46-38-47(2)74(48(3)39-46)51-32-36-68-64(40-51)65-45-55(82-66-26-14-10-22-56(66)57-23-11-15-27-67(57)82)33-37-69(65)83(68)75-62(49-18-6-4-7-19-49)41-54(42-63(75)50-20-8-5-9-21-50)78-80-76(52-30-34-60-58-24-12-16-28-70(58)84-72(60)43-52)79-77(81-78)53-31-35-61-59-25-13-17-29-71(59)85-73(61)44-53/h4-45H,1-3H3. The molecular formula is C78H51N5O2. The Morgan fingerprint density at radius 1 is 0.282 bits per heavy atom. The summed E-state index contributed by atoms with van der Waals surface area (Å²) in [6.45, 7) is 6.65. The molecule has 0 atom stereocenters. The lowest BCUT2D eigenvalue weighted by atomic mass is 9.92. The molecule has 400 valence electrons. The highest BCUT2D eigenvalue weighted by atomic mass is 16.3. The molecule has 0 spiro atoms. The Balaban J connectivity index is 0.945. The van der Waals surface area contributed by atoms with Crippen molar-refractivity contribution in [1.82, 2.24) is 24.1 Å². The van der Waals surface area contributed by atoms with E-state index in [1.165, 1.54) is 49.6 Å². The SMILES string of the molecule is Cc1cc(C)c(-c2ccc3c(c2)c2cc(-n4c5ccccc5c5ccccc54)ccc2n3-c2c(-c3ccccc3)cc(-c3nc(-c4ccc5c(c4)oc4ccccc45)nc(-c4ccc5c(c4)oc4ccccc45)n3)cc2-c2ccccc2)c(C)c1. The van der Waals surface area contributed by atoms with E-state index in [0.29, 0.717) is 17.5 Å². The van der Waals surface area contributed by atoms with Crippen molar-refractivity contribution in [3.8, 4) is 78.9 Å². The minimum atomic E-state index is 0.523. The van der Waals surface area contributed by atoms with Gasteiger partial charge < -0.3 is 18.0 Å². The third kappa shape index (κ3) is 7.78. The highest BCUT2D eigenvalue weighted by Gasteiger charge is 2.26. The van der Waals surface area contributed by atoms with Gasteiger partial charge in [-0.3, -0.25) is 0 Å². The summed E-state index contributed by atoms with van der Waals surface area (Å²) in [5.74, 6) is 1.58.